The van der Waals surface area contributed by atoms with Crippen LogP contribution in [0.1, 0.15) is 27.9 Å². The molecule has 3 aromatic heterocycles. The molecular formula is C18H20N4O4S2. The Labute approximate surface area is 170 Å². The molecule has 0 radical (unpaired) electrons. The molecule has 0 fully saturated rings. The summed E-state index contributed by atoms with van der Waals surface area (Å²) in [5.41, 5.74) is 1.23. The highest BCUT2D eigenvalue weighted by atomic mass is 32.2. The van der Waals surface area contributed by atoms with Crippen LogP contribution >= 0.6 is 23.1 Å². The summed E-state index contributed by atoms with van der Waals surface area (Å²) in [5, 5.41) is 12.2. The van der Waals surface area contributed by atoms with Crippen molar-refractivity contribution in [3.63, 3.8) is 0 Å². The predicted octanol–water partition coefficient (Wildman–Crippen LogP) is 3.66. The van der Waals surface area contributed by atoms with Gasteiger partial charge in [-0.25, -0.2) is 4.79 Å². The molecule has 1 N–H and O–H groups in total. The molecule has 0 aliphatic rings. The smallest absolute Gasteiger partial charge is 0.341 e. The van der Waals surface area contributed by atoms with Crippen molar-refractivity contribution in [3.05, 3.63) is 34.6 Å². The number of furan rings is 1. The molecule has 1 amide bonds. The summed E-state index contributed by atoms with van der Waals surface area (Å²) >= 11 is 2.60. The van der Waals surface area contributed by atoms with E-state index in [-0.39, 0.29) is 18.3 Å². The van der Waals surface area contributed by atoms with E-state index in [9.17, 15) is 9.59 Å². The second-order valence-corrected chi connectivity index (χ2v) is 8.11. The molecule has 0 unspecified atom stereocenters. The Bertz CT molecular complexity index is 1010. The summed E-state index contributed by atoms with van der Waals surface area (Å²) < 4.78 is 12.2. The van der Waals surface area contributed by atoms with E-state index in [0.29, 0.717) is 21.5 Å². The fraction of sp³-hybridized carbons (Fsp3) is 0.333. The minimum Gasteiger partial charge on any atom is -0.469 e. The molecule has 3 heterocycles. The van der Waals surface area contributed by atoms with E-state index in [2.05, 4.69) is 15.5 Å². The molecule has 0 aliphatic heterocycles. The van der Waals surface area contributed by atoms with Crippen LogP contribution in [0.4, 0.5) is 5.00 Å². The highest BCUT2D eigenvalue weighted by Crippen LogP contribution is 2.29. The topological polar surface area (TPSA) is 99.2 Å². The number of thiophene rings is 1. The first-order valence-electron chi connectivity index (χ1n) is 8.54. The van der Waals surface area contributed by atoms with E-state index in [0.717, 1.165) is 16.2 Å². The Balaban J connectivity index is 1.65. The number of carbonyl (C=O) groups is 2. The SMILES string of the molecule is CCOC(=O)c1cc(C)sc1NC(=O)CSc1nnc(-c2ccoc2C)n1C. The normalized spacial score (nSPS) is 10.9. The molecule has 0 spiro atoms. The third-order valence-electron chi connectivity index (χ3n) is 3.87. The highest BCUT2D eigenvalue weighted by Gasteiger charge is 2.19. The van der Waals surface area contributed by atoms with Crippen molar-refractivity contribution in [1.82, 2.24) is 14.8 Å². The van der Waals surface area contributed by atoms with Crippen LogP contribution in [0.5, 0.6) is 0 Å². The van der Waals surface area contributed by atoms with Crippen molar-refractivity contribution in [1.29, 1.82) is 0 Å². The third-order valence-corrected chi connectivity index (χ3v) is 5.86. The number of rotatable bonds is 7. The first-order chi connectivity index (χ1) is 13.4. The predicted molar refractivity (Wildman–Crippen MR) is 108 cm³/mol. The molecule has 0 bridgehead atoms. The Kier molecular flexibility index (Phi) is 6.20. The van der Waals surface area contributed by atoms with Crippen molar-refractivity contribution in [3.8, 4) is 11.4 Å². The minimum atomic E-state index is -0.441. The number of ether oxygens (including phenoxy) is 1. The van der Waals surface area contributed by atoms with Gasteiger partial charge in [0.2, 0.25) is 5.91 Å². The molecule has 3 aromatic rings. The van der Waals surface area contributed by atoms with Gasteiger partial charge in [-0.2, -0.15) is 0 Å². The van der Waals surface area contributed by atoms with Crippen LogP contribution < -0.4 is 5.32 Å². The van der Waals surface area contributed by atoms with Crippen LogP contribution in [0.2, 0.25) is 0 Å². The van der Waals surface area contributed by atoms with Crippen LogP contribution in [0.3, 0.4) is 0 Å². The number of aryl methyl sites for hydroxylation is 2. The van der Waals surface area contributed by atoms with E-state index in [1.165, 1.54) is 23.1 Å². The Morgan fingerprint density at radius 2 is 2.14 bits per heavy atom. The van der Waals surface area contributed by atoms with Gasteiger partial charge in [0.1, 0.15) is 10.8 Å². The summed E-state index contributed by atoms with van der Waals surface area (Å²) in [6.45, 7) is 5.75. The lowest BCUT2D eigenvalue weighted by Crippen LogP contribution is -2.16. The van der Waals surface area contributed by atoms with Gasteiger partial charge in [-0.05, 0) is 32.9 Å². The van der Waals surface area contributed by atoms with Gasteiger partial charge in [0, 0.05) is 11.9 Å². The molecule has 0 aromatic carbocycles. The summed E-state index contributed by atoms with van der Waals surface area (Å²) in [6, 6.07) is 3.55. The first kappa shape index (κ1) is 20.2. The van der Waals surface area contributed by atoms with Crippen molar-refractivity contribution in [2.24, 2.45) is 7.05 Å². The second-order valence-electron chi connectivity index (χ2n) is 5.91. The van der Waals surface area contributed by atoms with E-state index < -0.39 is 5.97 Å². The lowest BCUT2D eigenvalue weighted by molar-refractivity contribution is -0.113. The zero-order chi connectivity index (χ0) is 20.3. The monoisotopic (exact) mass is 420 g/mol. The molecule has 8 nitrogen and oxygen atoms in total. The maximum atomic E-state index is 12.4. The van der Waals surface area contributed by atoms with Crippen molar-refractivity contribution in [2.75, 3.05) is 17.7 Å². The Hall–Kier alpha value is -2.59. The number of nitrogens with one attached hydrogen (secondary N) is 1. The molecule has 0 atom stereocenters. The van der Waals surface area contributed by atoms with Crippen molar-refractivity contribution < 1.29 is 18.7 Å². The number of hydrogen-bond donors (Lipinski definition) is 1. The van der Waals surface area contributed by atoms with Gasteiger partial charge in [0.05, 0.1) is 29.7 Å². The fourth-order valence-corrected chi connectivity index (χ4v) is 4.18. The summed E-state index contributed by atoms with van der Waals surface area (Å²) in [5.74, 6) is 0.886. The highest BCUT2D eigenvalue weighted by molar-refractivity contribution is 7.99. The largest absolute Gasteiger partial charge is 0.469 e. The van der Waals surface area contributed by atoms with Crippen molar-refractivity contribution in [2.45, 2.75) is 25.9 Å². The number of carbonyl (C=O) groups excluding carboxylic acids is 2. The van der Waals surface area contributed by atoms with Crippen LogP contribution in [-0.4, -0.2) is 39.0 Å². The van der Waals surface area contributed by atoms with Gasteiger partial charge in [0.25, 0.3) is 0 Å². The number of hydrogen-bond acceptors (Lipinski definition) is 8. The summed E-state index contributed by atoms with van der Waals surface area (Å²) in [7, 11) is 1.84. The number of amides is 1. The molecular weight excluding hydrogens is 400 g/mol. The van der Waals surface area contributed by atoms with Crippen LogP contribution in [0.25, 0.3) is 11.4 Å². The van der Waals surface area contributed by atoms with E-state index >= 15 is 0 Å². The molecule has 0 saturated carbocycles. The number of nitrogens with zero attached hydrogens (tertiary/aromatic N) is 3. The molecule has 0 aliphatic carbocycles. The third kappa shape index (κ3) is 4.28. The second kappa shape index (κ2) is 8.61. The van der Waals surface area contributed by atoms with Gasteiger partial charge >= 0.3 is 5.97 Å². The molecule has 0 saturated heterocycles. The lowest BCUT2D eigenvalue weighted by atomic mass is 10.2. The standard InChI is InChI=1S/C18H20N4O4S2/c1-5-25-17(24)13-8-10(2)28-16(13)19-14(23)9-27-18-21-20-15(22(18)4)12-6-7-26-11(12)3/h6-8H,5,9H2,1-4H3,(H,19,23). The van der Waals surface area contributed by atoms with E-state index in [1.807, 2.05) is 31.5 Å². The maximum absolute atomic E-state index is 12.4. The number of esters is 1. The Morgan fingerprint density at radius 3 is 2.82 bits per heavy atom. The molecule has 148 valence electrons. The van der Waals surface area contributed by atoms with Crippen LogP contribution in [0, 0.1) is 13.8 Å². The van der Waals surface area contributed by atoms with Gasteiger partial charge in [0.15, 0.2) is 11.0 Å². The zero-order valence-electron chi connectivity index (χ0n) is 15.9. The fourth-order valence-electron chi connectivity index (χ4n) is 2.55. The van der Waals surface area contributed by atoms with E-state index in [4.69, 9.17) is 9.15 Å². The van der Waals surface area contributed by atoms with Crippen LogP contribution in [-0.2, 0) is 16.6 Å². The Morgan fingerprint density at radius 1 is 1.36 bits per heavy atom. The maximum Gasteiger partial charge on any atom is 0.341 e. The summed E-state index contributed by atoms with van der Waals surface area (Å²) in [4.78, 5) is 25.3. The number of aromatic nitrogens is 3. The van der Waals surface area contributed by atoms with Gasteiger partial charge in [-0.1, -0.05) is 11.8 Å². The first-order valence-corrected chi connectivity index (χ1v) is 10.3. The van der Waals surface area contributed by atoms with Crippen LogP contribution in [0.15, 0.2) is 28.0 Å². The van der Waals surface area contributed by atoms with Gasteiger partial charge in [-0.15, -0.1) is 21.5 Å². The van der Waals surface area contributed by atoms with Gasteiger partial charge < -0.3 is 19.0 Å². The number of anilines is 1. The molecule has 28 heavy (non-hydrogen) atoms. The van der Waals surface area contributed by atoms with Gasteiger partial charge in [-0.3, -0.25) is 4.79 Å². The minimum absolute atomic E-state index is 0.134. The molecule has 10 heteroatoms. The van der Waals surface area contributed by atoms with Crippen molar-refractivity contribution >= 4 is 40.0 Å². The average Bonchev–Trinajstić information content (AvgIpc) is 3.32. The quantitative estimate of drug-likeness (QED) is 0.460. The lowest BCUT2D eigenvalue weighted by Gasteiger charge is -2.06. The number of thioether (sulfide) groups is 1. The molecule has 3 rings (SSSR count). The summed E-state index contributed by atoms with van der Waals surface area (Å²) in [6.07, 6.45) is 1.60. The average molecular weight is 421 g/mol. The van der Waals surface area contributed by atoms with E-state index in [1.54, 1.807) is 19.3 Å². The zero-order valence-corrected chi connectivity index (χ0v) is 17.6.